The van der Waals surface area contributed by atoms with Gasteiger partial charge in [0.1, 0.15) is 0 Å². The molecule has 1 aliphatic heterocycles. The Morgan fingerprint density at radius 3 is 2.75 bits per heavy atom. The van der Waals surface area contributed by atoms with Gasteiger partial charge in [-0.3, -0.25) is 4.79 Å². The fourth-order valence-corrected chi connectivity index (χ4v) is 5.38. The smallest absolute Gasteiger partial charge is 0.340 e. The summed E-state index contributed by atoms with van der Waals surface area (Å²) in [4.78, 5) is 25.4. The average Bonchev–Trinajstić information content (AvgIpc) is 3.27. The first-order valence-corrected chi connectivity index (χ1v) is 11.5. The van der Waals surface area contributed by atoms with Crippen LogP contribution in [0.1, 0.15) is 22.4 Å². The second-order valence-corrected chi connectivity index (χ2v) is 9.87. The first-order valence-electron chi connectivity index (χ1n) is 8.81. The molecule has 148 valence electrons. The van der Waals surface area contributed by atoms with Crippen LogP contribution in [0.4, 0.5) is 0 Å². The molecule has 2 heterocycles. The average molecular weight is 420 g/mol. The van der Waals surface area contributed by atoms with E-state index in [4.69, 9.17) is 4.74 Å². The van der Waals surface area contributed by atoms with Crippen molar-refractivity contribution in [3.8, 4) is 0 Å². The maximum absolute atomic E-state index is 12.6. The summed E-state index contributed by atoms with van der Waals surface area (Å²) in [6.45, 7) is 1.51. The molecule has 1 aliphatic rings. The van der Waals surface area contributed by atoms with Crippen molar-refractivity contribution in [2.45, 2.75) is 19.4 Å². The molecule has 1 atom stereocenters. The lowest BCUT2D eigenvalue weighted by Crippen LogP contribution is -2.38. The van der Waals surface area contributed by atoms with Crippen molar-refractivity contribution in [1.29, 1.82) is 0 Å². The van der Waals surface area contributed by atoms with Crippen molar-refractivity contribution in [3.63, 3.8) is 0 Å². The highest BCUT2D eigenvalue weighted by atomic mass is 32.2. The first kappa shape index (κ1) is 20.3. The Kier molecular flexibility index (Phi) is 6.31. The molecule has 0 saturated carbocycles. The Hall–Kier alpha value is -2.45. The number of amides is 1. The standard InChI is InChI=1S/C20H21NO5S2/c1-14-4-2-5-15(10-14)11-17(18-6-3-8-27-18)20(23)26-12-19(22)21-16-7-9-28(24,25)13-16/h2-6,8,10-11,16H,7,9,12-13H2,1H3,(H,21,22)/b17-11+/t16-/m1/s1. The molecule has 28 heavy (non-hydrogen) atoms. The Morgan fingerprint density at radius 1 is 1.29 bits per heavy atom. The molecular weight excluding hydrogens is 398 g/mol. The van der Waals surface area contributed by atoms with E-state index in [1.807, 2.05) is 48.7 Å². The number of hydrogen-bond donors (Lipinski definition) is 1. The molecule has 1 saturated heterocycles. The van der Waals surface area contributed by atoms with Crippen molar-refractivity contribution in [2.75, 3.05) is 18.1 Å². The van der Waals surface area contributed by atoms with E-state index in [1.165, 1.54) is 11.3 Å². The number of ether oxygens (including phenoxy) is 1. The van der Waals surface area contributed by atoms with E-state index in [9.17, 15) is 18.0 Å². The monoisotopic (exact) mass is 419 g/mol. The zero-order valence-electron chi connectivity index (χ0n) is 15.4. The topological polar surface area (TPSA) is 89.5 Å². The van der Waals surface area contributed by atoms with Gasteiger partial charge in [0, 0.05) is 10.9 Å². The summed E-state index contributed by atoms with van der Waals surface area (Å²) in [5, 5.41) is 4.47. The summed E-state index contributed by atoms with van der Waals surface area (Å²) in [5.41, 5.74) is 2.30. The van der Waals surface area contributed by atoms with Gasteiger partial charge in [0.15, 0.2) is 16.4 Å². The van der Waals surface area contributed by atoms with E-state index in [1.54, 1.807) is 6.08 Å². The number of hydrogen-bond acceptors (Lipinski definition) is 6. The predicted molar refractivity (Wildman–Crippen MR) is 110 cm³/mol. The summed E-state index contributed by atoms with van der Waals surface area (Å²) in [6.07, 6.45) is 2.12. The molecule has 3 rings (SSSR count). The minimum Gasteiger partial charge on any atom is -0.452 e. The quantitative estimate of drug-likeness (QED) is 0.574. The number of esters is 1. The van der Waals surface area contributed by atoms with Crippen LogP contribution in [0.5, 0.6) is 0 Å². The number of benzene rings is 1. The van der Waals surface area contributed by atoms with Gasteiger partial charge in [-0.25, -0.2) is 13.2 Å². The molecule has 1 aromatic heterocycles. The number of thiophene rings is 1. The van der Waals surface area contributed by atoms with Gasteiger partial charge < -0.3 is 10.1 Å². The van der Waals surface area contributed by atoms with Crippen molar-refractivity contribution in [2.24, 2.45) is 0 Å². The van der Waals surface area contributed by atoms with E-state index < -0.39 is 34.4 Å². The normalized spacial score (nSPS) is 18.6. The molecule has 0 spiro atoms. The molecule has 1 N–H and O–H groups in total. The van der Waals surface area contributed by atoms with Gasteiger partial charge in [0.2, 0.25) is 0 Å². The Bertz CT molecular complexity index is 993. The summed E-state index contributed by atoms with van der Waals surface area (Å²) in [6, 6.07) is 10.9. The second-order valence-electron chi connectivity index (χ2n) is 6.69. The molecule has 0 unspecified atom stereocenters. The minimum absolute atomic E-state index is 0.0689. The van der Waals surface area contributed by atoms with Crippen molar-refractivity contribution in [3.05, 3.63) is 57.8 Å². The molecule has 0 radical (unpaired) electrons. The lowest BCUT2D eigenvalue weighted by Gasteiger charge is -2.12. The summed E-state index contributed by atoms with van der Waals surface area (Å²) in [5.74, 6) is -1.10. The van der Waals surface area contributed by atoms with Crippen LogP contribution in [0.15, 0.2) is 41.8 Å². The lowest BCUT2D eigenvalue weighted by atomic mass is 10.1. The van der Waals surface area contributed by atoms with E-state index in [0.29, 0.717) is 12.0 Å². The first-order chi connectivity index (χ1) is 13.3. The Morgan fingerprint density at radius 2 is 2.11 bits per heavy atom. The van der Waals surface area contributed by atoms with Crippen LogP contribution in [-0.4, -0.2) is 44.4 Å². The highest BCUT2D eigenvalue weighted by molar-refractivity contribution is 7.91. The molecule has 2 aromatic rings. The Balaban J connectivity index is 1.66. The lowest BCUT2D eigenvalue weighted by molar-refractivity contribution is -0.143. The van der Waals surface area contributed by atoms with Crippen LogP contribution in [0.3, 0.4) is 0 Å². The SMILES string of the molecule is Cc1cccc(/C=C(/C(=O)OCC(=O)N[C@@H]2CCS(=O)(=O)C2)c2cccs2)c1. The highest BCUT2D eigenvalue weighted by Gasteiger charge is 2.29. The fraction of sp³-hybridized carbons (Fsp3) is 0.300. The van der Waals surface area contributed by atoms with Gasteiger partial charge in [-0.05, 0) is 36.4 Å². The molecule has 1 aromatic carbocycles. The van der Waals surface area contributed by atoms with Crippen LogP contribution in [0, 0.1) is 6.92 Å². The number of rotatable bonds is 6. The Labute approximate surface area is 168 Å². The zero-order chi connectivity index (χ0) is 20.1. The van der Waals surface area contributed by atoms with E-state index in [2.05, 4.69) is 5.32 Å². The fourth-order valence-electron chi connectivity index (χ4n) is 2.98. The number of carbonyl (C=O) groups excluding carboxylic acids is 2. The third-order valence-electron chi connectivity index (χ3n) is 4.29. The van der Waals surface area contributed by atoms with Crippen LogP contribution >= 0.6 is 11.3 Å². The van der Waals surface area contributed by atoms with E-state index in [-0.39, 0.29) is 11.5 Å². The van der Waals surface area contributed by atoms with Crippen LogP contribution in [-0.2, 0) is 24.2 Å². The number of carbonyl (C=O) groups is 2. The third kappa shape index (κ3) is 5.53. The second kappa shape index (κ2) is 8.70. The highest BCUT2D eigenvalue weighted by Crippen LogP contribution is 2.24. The van der Waals surface area contributed by atoms with E-state index >= 15 is 0 Å². The van der Waals surface area contributed by atoms with Gasteiger partial charge >= 0.3 is 5.97 Å². The van der Waals surface area contributed by atoms with Crippen molar-refractivity contribution < 1.29 is 22.7 Å². The summed E-state index contributed by atoms with van der Waals surface area (Å²) >= 11 is 1.41. The van der Waals surface area contributed by atoms with Crippen LogP contribution in [0.25, 0.3) is 11.6 Å². The van der Waals surface area contributed by atoms with Crippen LogP contribution in [0.2, 0.25) is 0 Å². The maximum atomic E-state index is 12.6. The molecule has 1 amide bonds. The molecule has 6 nitrogen and oxygen atoms in total. The van der Waals surface area contributed by atoms with Gasteiger partial charge in [0.05, 0.1) is 17.1 Å². The van der Waals surface area contributed by atoms with Gasteiger partial charge in [0.25, 0.3) is 5.91 Å². The van der Waals surface area contributed by atoms with Gasteiger partial charge in [-0.15, -0.1) is 11.3 Å². The van der Waals surface area contributed by atoms with Gasteiger partial charge in [-0.2, -0.15) is 0 Å². The maximum Gasteiger partial charge on any atom is 0.340 e. The van der Waals surface area contributed by atoms with Gasteiger partial charge in [-0.1, -0.05) is 35.9 Å². The van der Waals surface area contributed by atoms with Crippen LogP contribution < -0.4 is 5.32 Å². The largest absolute Gasteiger partial charge is 0.452 e. The zero-order valence-corrected chi connectivity index (χ0v) is 17.0. The molecule has 0 bridgehead atoms. The summed E-state index contributed by atoms with van der Waals surface area (Å²) < 4.78 is 28.1. The number of aryl methyl sites for hydroxylation is 1. The van der Waals surface area contributed by atoms with Crippen molar-refractivity contribution in [1.82, 2.24) is 5.32 Å². The molecular formula is C20H21NO5S2. The predicted octanol–water partition coefficient (Wildman–Crippen LogP) is 2.44. The molecule has 1 fully saturated rings. The number of nitrogens with one attached hydrogen (secondary N) is 1. The van der Waals surface area contributed by atoms with Crippen molar-refractivity contribution >= 4 is 44.7 Å². The number of sulfone groups is 1. The summed E-state index contributed by atoms with van der Waals surface area (Å²) in [7, 11) is -3.08. The van der Waals surface area contributed by atoms with E-state index in [0.717, 1.165) is 16.0 Å². The third-order valence-corrected chi connectivity index (χ3v) is 6.96. The molecule has 0 aliphatic carbocycles. The minimum atomic E-state index is -3.08. The molecule has 8 heteroatoms.